The molecule has 0 unspecified atom stereocenters. The van der Waals surface area contributed by atoms with Gasteiger partial charge in [0.1, 0.15) is 0 Å². The summed E-state index contributed by atoms with van der Waals surface area (Å²) >= 11 is 0. The molecule has 0 aromatic rings. The summed E-state index contributed by atoms with van der Waals surface area (Å²) in [4.78, 5) is 0. The topological polar surface area (TPSA) is 20.3 Å². The largest absolute Gasteiger partial charge is 0.448 e. The quantitative estimate of drug-likeness (QED) is 0.373. The van der Waals surface area contributed by atoms with Crippen LogP contribution in [0.4, 0.5) is 0 Å². The third-order valence-electron chi connectivity index (χ3n) is 1.35. The SMILES string of the molecule is C=[S-](=O)N1CCCC1. The van der Waals surface area contributed by atoms with Gasteiger partial charge in [-0.3, -0.25) is 0 Å². The van der Waals surface area contributed by atoms with Crippen LogP contribution < -0.4 is 0 Å². The van der Waals surface area contributed by atoms with E-state index in [2.05, 4.69) is 5.87 Å². The zero-order chi connectivity index (χ0) is 5.98. The zero-order valence-electron chi connectivity index (χ0n) is 4.80. The molecule has 0 atom stereocenters. The van der Waals surface area contributed by atoms with E-state index in [4.69, 9.17) is 0 Å². The highest BCUT2D eigenvalue weighted by molar-refractivity contribution is 7.80. The molecular weight excluding hydrogens is 122 g/mol. The lowest BCUT2D eigenvalue weighted by molar-refractivity contribution is 0.520. The third kappa shape index (κ3) is 1.23. The monoisotopic (exact) mass is 132 g/mol. The first-order chi connectivity index (χ1) is 3.80. The highest BCUT2D eigenvalue weighted by Gasteiger charge is 2.02. The van der Waals surface area contributed by atoms with Crippen molar-refractivity contribution in [2.24, 2.45) is 0 Å². The van der Waals surface area contributed by atoms with Gasteiger partial charge in [0.15, 0.2) is 0 Å². The molecule has 0 aromatic heterocycles. The van der Waals surface area contributed by atoms with Crippen LogP contribution >= 0.6 is 0 Å². The van der Waals surface area contributed by atoms with Crippen LogP contribution in [0.3, 0.4) is 0 Å². The van der Waals surface area contributed by atoms with Crippen molar-refractivity contribution in [3.8, 4) is 0 Å². The van der Waals surface area contributed by atoms with Crippen LogP contribution in [-0.4, -0.2) is 23.3 Å². The first kappa shape index (κ1) is 6.11. The molecule has 0 bridgehead atoms. The summed E-state index contributed by atoms with van der Waals surface area (Å²) in [5, 5.41) is 0. The van der Waals surface area contributed by atoms with Crippen LogP contribution in [0.5, 0.6) is 0 Å². The predicted octanol–water partition coefficient (Wildman–Crippen LogP) is 0.393. The van der Waals surface area contributed by atoms with Crippen molar-refractivity contribution in [2.45, 2.75) is 12.8 Å². The van der Waals surface area contributed by atoms with Gasteiger partial charge in [0.25, 0.3) is 0 Å². The van der Waals surface area contributed by atoms with Gasteiger partial charge in [-0.2, -0.15) is 5.87 Å². The molecule has 2 nitrogen and oxygen atoms in total. The standard InChI is InChI=1S/C5H10NOS/c1-8(7)6-4-2-3-5-6/h1-5H2/q-1. The fourth-order valence-corrected chi connectivity index (χ4v) is 1.56. The van der Waals surface area contributed by atoms with Crippen LogP contribution in [-0.2, 0) is 14.8 Å². The van der Waals surface area contributed by atoms with Crippen molar-refractivity contribution < 1.29 is 4.21 Å². The van der Waals surface area contributed by atoms with E-state index < -0.39 is 10.6 Å². The van der Waals surface area contributed by atoms with Crippen LogP contribution in [0.1, 0.15) is 12.8 Å². The highest BCUT2D eigenvalue weighted by atomic mass is 32.2. The smallest absolute Gasteiger partial charge is 0.0189 e. The van der Waals surface area contributed by atoms with Crippen molar-refractivity contribution in [2.75, 3.05) is 13.1 Å². The Kier molecular flexibility index (Phi) is 1.91. The molecule has 3 heteroatoms. The molecule has 48 valence electrons. The Balaban J connectivity index is 2.47. The van der Waals surface area contributed by atoms with Gasteiger partial charge >= 0.3 is 0 Å². The maximum Gasteiger partial charge on any atom is -0.0189 e. The molecule has 1 saturated heterocycles. The van der Waals surface area contributed by atoms with Crippen LogP contribution in [0.15, 0.2) is 0 Å². The maximum absolute atomic E-state index is 10.6. The van der Waals surface area contributed by atoms with E-state index in [0.29, 0.717) is 0 Å². The molecule has 0 N–H and O–H groups in total. The van der Waals surface area contributed by atoms with Crippen molar-refractivity contribution in [3.63, 3.8) is 0 Å². The van der Waals surface area contributed by atoms with Crippen molar-refractivity contribution in [1.82, 2.24) is 4.31 Å². The first-order valence-corrected chi connectivity index (χ1v) is 4.05. The van der Waals surface area contributed by atoms with Gasteiger partial charge in [-0.15, -0.1) is 0 Å². The number of nitrogens with zero attached hydrogens (tertiary/aromatic N) is 1. The molecule has 1 rings (SSSR count). The summed E-state index contributed by atoms with van der Waals surface area (Å²) in [6, 6.07) is 0. The predicted molar refractivity (Wildman–Crippen MR) is 36.0 cm³/mol. The van der Waals surface area contributed by atoms with E-state index in [-0.39, 0.29) is 0 Å². The van der Waals surface area contributed by atoms with Gasteiger partial charge < -0.3 is 8.51 Å². The lowest BCUT2D eigenvalue weighted by atomic mass is 10.4. The molecule has 1 heterocycles. The number of hydrogen-bond acceptors (Lipinski definition) is 2. The summed E-state index contributed by atoms with van der Waals surface area (Å²) in [5.41, 5.74) is 0. The molecular formula is C5H10NOS-. The lowest BCUT2D eigenvalue weighted by Crippen LogP contribution is -2.15. The second-order valence-electron chi connectivity index (χ2n) is 1.96. The molecule has 8 heavy (non-hydrogen) atoms. The van der Waals surface area contributed by atoms with Crippen molar-refractivity contribution >= 4 is 16.4 Å². The van der Waals surface area contributed by atoms with Gasteiger partial charge in [-0.1, -0.05) is 0 Å². The third-order valence-corrected chi connectivity index (χ3v) is 2.29. The van der Waals surface area contributed by atoms with E-state index in [9.17, 15) is 4.21 Å². The van der Waals surface area contributed by atoms with Gasteiger partial charge in [0.05, 0.1) is 0 Å². The second-order valence-corrected chi connectivity index (χ2v) is 3.12. The Morgan fingerprint density at radius 3 is 2.12 bits per heavy atom. The number of hydrogen-bond donors (Lipinski definition) is 0. The molecule has 0 saturated carbocycles. The molecule has 1 aliphatic heterocycles. The molecule has 1 aliphatic rings. The summed E-state index contributed by atoms with van der Waals surface area (Å²) in [6.07, 6.45) is 2.36. The number of rotatable bonds is 1. The summed E-state index contributed by atoms with van der Waals surface area (Å²) < 4.78 is 12.5. The first-order valence-electron chi connectivity index (χ1n) is 2.77. The summed E-state index contributed by atoms with van der Waals surface area (Å²) in [6.45, 7) is 1.94. The van der Waals surface area contributed by atoms with Gasteiger partial charge in [0, 0.05) is 0 Å². The summed E-state index contributed by atoms with van der Waals surface area (Å²) in [5.74, 6) is 3.42. The minimum Gasteiger partial charge on any atom is -0.448 e. The minimum atomic E-state index is -0.958. The summed E-state index contributed by atoms with van der Waals surface area (Å²) in [7, 11) is -0.958. The van der Waals surface area contributed by atoms with E-state index in [1.54, 1.807) is 0 Å². The van der Waals surface area contributed by atoms with Crippen LogP contribution in [0.25, 0.3) is 0 Å². The fraction of sp³-hybridized carbons (Fsp3) is 0.800. The van der Waals surface area contributed by atoms with E-state index in [0.717, 1.165) is 13.1 Å². The Bertz CT molecular complexity index is 127. The molecule has 0 radical (unpaired) electrons. The minimum absolute atomic E-state index is 0.958. The zero-order valence-corrected chi connectivity index (χ0v) is 5.62. The Labute approximate surface area is 51.7 Å². The normalized spacial score (nSPS) is 22.6. The van der Waals surface area contributed by atoms with Crippen molar-refractivity contribution in [1.29, 1.82) is 0 Å². The fourth-order valence-electron chi connectivity index (χ4n) is 0.892. The maximum atomic E-state index is 10.6. The molecule has 0 aliphatic carbocycles. The van der Waals surface area contributed by atoms with Crippen LogP contribution in [0.2, 0.25) is 0 Å². The Morgan fingerprint density at radius 1 is 1.38 bits per heavy atom. The molecule has 0 spiro atoms. The van der Waals surface area contributed by atoms with E-state index in [1.807, 2.05) is 4.31 Å². The average molecular weight is 132 g/mol. The Morgan fingerprint density at radius 2 is 1.88 bits per heavy atom. The van der Waals surface area contributed by atoms with Gasteiger partial charge in [-0.25, -0.2) is 10.6 Å². The van der Waals surface area contributed by atoms with Crippen LogP contribution in [0, 0.1) is 0 Å². The molecule has 1 fully saturated rings. The lowest BCUT2D eigenvalue weighted by Gasteiger charge is -2.17. The van der Waals surface area contributed by atoms with E-state index >= 15 is 0 Å². The highest BCUT2D eigenvalue weighted by Crippen LogP contribution is 2.05. The second kappa shape index (κ2) is 2.51. The molecule has 0 aromatic carbocycles. The average Bonchev–Trinajstić information content (AvgIpc) is 2.12. The Hall–Kier alpha value is -0.0200. The van der Waals surface area contributed by atoms with Crippen molar-refractivity contribution in [3.05, 3.63) is 0 Å². The van der Waals surface area contributed by atoms with Gasteiger partial charge in [-0.05, 0) is 25.9 Å². The van der Waals surface area contributed by atoms with E-state index in [1.165, 1.54) is 12.8 Å². The van der Waals surface area contributed by atoms with Gasteiger partial charge in [0.2, 0.25) is 0 Å². The molecule has 0 amide bonds.